The number of hydrogen-bond acceptors (Lipinski definition) is 3. The van der Waals surface area contributed by atoms with Crippen LogP contribution in [0.15, 0.2) is 18.2 Å². The zero-order valence-corrected chi connectivity index (χ0v) is 9.41. The van der Waals surface area contributed by atoms with Gasteiger partial charge in [0.2, 0.25) is 0 Å². The Kier molecular flexibility index (Phi) is 4.41. The van der Waals surface area contributed by atoms with Gasteiger partial charge in [-0.3, -0.25) is 0 Å². The van der Waals surface area contributed by atoms with E-state index in [1.165, 1.54) is 0 Å². The average Bonchev–Trinajstić information content (AvgIpc) is 2.26. The number of nitrogens with zero attached hydrogens (tertiary/aromatic N) is 1. The normalized spacial score (nSPS) is 11.9. The van der Waals surface area contributed by atoms with Gasteiger partial charge in [0.1, 0.15) is 12.4 Å². The minimum absolute atomic E-state index is 0.0108. The fourth-order valence-corrected chi connectivity index (χ4v) is 1.20. The predicted molar refractivity (Wildman–Crippen MR) is 58.1 cm³/mol. The molecule has 0 fully saturated rings. The van der Waals surface area contributed by atoms with Crippen LogP contribution in [0.25, 0.3) is 0 Å². The molecule has 0 aliphatic heterocycles. The van der Waals surface area contributed by atoms with E-state index in [9.17, 15) is 0 Å². The zero-order chi connectivity index (χ0) is 11.3. The van der Waals surface area contributed by atoms with Gasteiger partial charge in [0, 0.05) is 7.11 Å². The highest BCUT2D eigenvalue weighted by atomic mass is 35.5. The van der Waals surface area contributed by atoms with Crippen molar-refractivity contribution in [3.05, 3.63) is 28.8 Å². The predicted octanol–water partition coefficient (Wildman–Crippen LogP) is 2.63. The molecule has 0 aliphatic rings. The third kappa shape index (κ3) is 3.43. The Bertz CT molecular complexity index is 373. The van der Waals surface area contributed by atoms with Crippen LogP contribution in [0.1, 0.15) is 12.5 Å². The van der Waals surface area contributed by atoms with Gasteiger partial charge in [-0.1, -0.05) is 11.6 Å². The molecule has 1 atom stereocenters. The topological polar surface area (TPSA) is 42.2 Å². The van der Waals surface area contributed by atoms with E-state index >= 15 is 0 Å². The van der Waals surface area contributed by atoms with E-state index < -0.39 is 0 Å². The van der Waals surface area contributed by atoms with Crippen molar-refractivity contribution in [3.8, 4) is 11.8 Å². The van der Waals surface area contributed by atoms with Gasteiger partial charge in [-0.2, -0.15) is 5.26 Å². The average molecular weight is 226 g/mol. The molecule has 1 aromatic rings. The molecule has 0 aliphatic carbocycles. The number of methoxy groups -OCH3 is 1. The van der Waals surface area contributed by atoms with Crippen LogP contribution in [0.2, 0.25) is 5.02 Å². The van der Waals surface area contributed by atoms with Crippen LogP contribution in [0.3, 0.4) is 0 Å². The van der Waals surface area contributed by atoms with Crippen molar-refractivity contribution in [1.82, 2.24) is 0 Å². The maximum atomic E-state index is 8.64. The second kappa shape index (κ2) is 5.59. The molecule has 4 heteroatoms. The molecule has 0 amide bonds. The van der Waals surface area contributed by atoms with Crippen molar-refractivity contribution in [2.24, 2.45) is 0 Å². The van der Waals surface area contributed by atoms with Crippen LogP contribution < -0.4 is 4.74 Å². The van der Waals surface area contributed by atoms with Crippen molar-refractivity contribution in [1.29, 1.82) is 5.26 Å². The molecule has 0 heterocycles. The second-order valence-corrected chi connectivity index (χ2v) is 3.52. The van der Waals surface area contributed by atoms with Gasteiger partial charge in [0.25, 0.3) is 0 Å². The SMILES string of the molecule is COC(C)COc1ccc(C#N)cc1Cl. The number of rotatable bonds is 4. The van der Waals surface area contributed by atoms with Gasteiger partial charge in [-0.25, -0.2) is 0 Å². The van der Waals surface area contributed by atoms with E-state index in [-0.39, 0.29) is 6.10 Å². The number of benzene rings is 1. The van der Waals surface area contributed by atoms with E-state index in [1.807, 2.05) is 13.0 Å². The first-order valence-electron chi connectivity index (χ1n) is 4.52. The molecule has 0 radical (unpaired) electrons. The summed E-state index contributed by atoms with van der Waals surface area (Å²) in [6.45, 7) is 2.33. The zero-order valence-electron chi connectivity index (χ0n) is 8.66. The monoisotopic (exact) mass is 225 g/mol. The first-order chi connectivity index (χ1) is 7.17. The molecule has 0 spiro atoms. The van der Waals surface area contributed by atoms with Gasteiger partial charge >= 0.3 is 0 Å². The molecule has 0 N–H and O–H groups in total. The highest BCUT2D eigenvalue weighted by Gasteiger charge is 2.05. The minimum atomic E-state index is 0.0108. The van der Waals surface area contributed by atoms with Crippen LogP contribution >= 0.6 is 11.6 Å². The molecule has 15 heavy (non-hydrogen) atoms. The standard InChI is InChI=1S/C11H12ClNO2/c1-8(14-2)7-15-11-4-3-9(6-13)5-10(11)12/h3-5,8H,7H2,1-2H3. The van der Waals surface area contributed by atoms with Crippen molar-refractivity contribution < 1.29 is 9.47 Å². The van der Waals surface area contributed by atoms with E-state index in [2.05, 4.69) is 0 Å². The lowest BCUT2D eigenvalue weighted by atomic mass is 10.2. The van der Waals surface area contributed by atoms with Crippen molar-refractivity contribution in [3.63, 3.8) is 0 Å². The summed E-state index contributed by atoms with van der Waals surface area (Å²) in [7, 11) is 1.62. The molecule has 1 rings (SSSR count). The van der Waals surface area contributed by atoms with Crippen molar-refractivity contribution in [2.45, 2.75) is 13.0 Å². The van der Waals surface area contributed by atoms with Gasteiger partial charge in [0.05, 0.1) is 22.8 Å². The quantitative estimate of drug-likeness (QED) is 0.791. The Balaban J connectivity index is 2.67. The molecule has 3 nitrogen and oxygen atoms in total. The van der Waals surface area contributed by atoms with E-state index in [0.717, 1.165) is 0 Å². The molecule has 0 saturated heterocycles. The van der Waals surface area contributed by atoms with Crippen LogP contribution in [-0.2, 0) is 4.74 Å². The maximum absolute atomic E-state index is 8.64. The summed E-state index contributed by atoms with van der Waals surface area (Å²) < 4.78 is 10.5. The van der Waals surface area contributed by atoms with Gasteiger partial charge in [0.15, 0.2) is 0 Å². The lowest BCUT2D eigenvalue weighted by molar-refractivity contribution is 0.0717. The number of hydrogen-bond donors (Lipinski definition) is 0. The van der Waals surface area contributed by atoms with Crippen LogP contribution in [-0.4, -0.2) is 19.8 Å². The summed E-state index contributed by atoms with van der Waals surface area (Å²) in [5.74, 6) is 0.569. The smallest absolute Gasteiger partial charge is 0.138 e. The summed E-state index contributed by atoms with van der Waals surface area (Å²) in [6, 6.07) is 6.93. The number of nitriles is 1. The van der Waals surface area contributed by atoms with Gasteiger partial charge in [-0.05, 0) is 25.1 Å². The molecule has 80 valence electrons. The molecule has 0 saturated carbocycles. The minimum Gasteiger partial charge on any atom is -0.489 e. The fourth-order valence-electron chi connectivity index (χ4n) is 0.963. The lowest BCUT2D eigenvalue weighted by Crippen LogP contribution is -2.16. The summed E-state index contributed by atoms with van der Waals surface area (Å²) in [5, 5.41) is 9.08. The Hall–Kier alpha value is -1.24. The highest BCUT2D eigenvalue weighted by molar-refractivity contribution is 6.32. The molecule has 1 unspecified atom stereocenters. The molecular weight excluding hydrogens is 214 g/mol. The van der Waals surface area contributed by atoms with E-state index in [4.69, 9.17) is 26.3 Å². The van der Waals surface area contributed by atoms with Crippen LogP contribution in [0.5, 0.6) is 5.75 Å². The summed E-state index contributed by atoms with van der Waals surface area (Å²) in [4.78, 5) is 0. The highest BCUT2D eigenvalue weighted by Crippen LogP contribution is 2.25. The van der Waals surface area contributed by atoms with E-state index in [0.29, 0.717) is 22.9 Å². The largest absolute Gasteiger partial charge is 0.489 e. The van der Waals surface area contributed by atoms with Crippen LogP contribution in [0, 0.1) is 11.3 Å². The number of ether oxygens (including phenoxy) is 2. The lowest BCUT2D eigenvalue weighted by Gasteiger charge is -2.12. The Labute approximate surface area is 94.2 Å². The Morgan fingerprint density at radius 3 is 2.80 bits per heavy atom. The Morgan fingerprint density at radius 1 is 1.53 bits per heavy atom. The van der Waals surface area contributed by atoms with Crippen molar-refractivity contribution in [2.75, 3.05) is 13.7 Å². The van der Waals surface area contributed by atoms with Gasteiger partial charge < -0.3 is 9.47 Å². The maximum Gasteiger partial charge on any atom is 0.138 e. The van der Waals surface area contributed by atoms with Crippen molar-refractivity contribution >= 4 is 11.6 Å². The fraction of sp³-hybridized carbons (Fsp3) is 0.364. The van der Waals surface area contributed by atoms with E-state index in [1.54, 1.807) is 25.3 Å². The summed E-state index contributed by atoms with van der Waals surface area (Å²) >= 11 is 5.92. The molecular formula is C11H12ClNO2. The molecule has 0 bridgehead atoms. The second-order valence-electron chi connectivity index (χ2n) is 3.11. The van der Waals surface area contributed by atoms with Crippen LogP contribution in [0.4, 0.5) is 0 Å². The summed E-state index contributed by atoms with van der Waals surface area (Å²) in [6.07, 6.45) is 0.0108. The summed E-state index contributed by atoms with van der Waals surface area (Å²) in [5.41, 5.74) is 0.520. The first-order valence-corrected chi connectivity index (χ1v) is 4.90. The molecule has 1 aromatic carbocycles. The first kappa shape index (κ1) is 11.8. The number of halogens is 1. The van der Waals surface area contributed by atoms with Gasteiger partial charge in [-0.15, -0.1) is 0 Å². The third-order valence-electron chi connectivity index (χ3n) is 1.94. The third-order valence-corrected chi connectivity index (χ3v) is 2.23. The Morgan fingerprint density at radius 2 is 2.27 bits per heavy atom. The molecule has 0 aromatic heterocycles.